The average molecular weight is 295 g/mol. The Morgan fingerprint density at radius 3 is 2.64 bits per heavy atom. The predicted molar refractivity (Wildman–Crippen MR) is 88.1 cm³/mol. The van der Waals surface area contributed by atoms with E-state index in [-0.39, 0.29) is 18.0 Å². The van der Waals surface area contributed by atoms with Crippen LogP contribution in [-0.2, 0) is 11.3 Å². The van der Waals surface area contributed by atoms with Crippen molar-refractivity contribution in [2.75, 3.05) is 6.54 Å². The second-order valence-electron chi connectivity index (χ2n) is 5.74. The molecule has 0 saturated carbocycles. The molecule has 0 aromatic heterocycles. The number of carbonyl (C=O) groups excluding carboxylic acids is 1. The van der Waals surface area contributed by atoms with E-state index < -0.39 is 0 Å². The Balaban J connectivity index is 1.62. The lowest BCUT2D eigenvalue weighted by atomic mass is 10.0. The van der Waals surface area contributed by atoms with E-state index in [4.69, 9.17) is 5.73 Å². The molecule has 1 aliphatic rings. The first kappa shape index (κ1) is 14.8. The lowest BCUT2D eigenvalue weighted by molar-refractivity contribution is -0.122. The molecule has 2 atom stereocenters. The zero-order valence-corrected chi connectivity index (χ0v) is 12.5. The lowest BCUT2D eigenvalue weighted by Crippen LogP contribution is -2.40. The van der Waals surface area contributed by atoms with Gasteiger partial charge in [0.2, 0.25) is 5.91 Å². The Bertz CT molecular complexity index is 642. The maximum atomic E-state index is 12.1. The van der Waals surface area contributed by atoms with Crippen LogP contribution in [0, 0.1) is 0 Å². The van der Waals surface area contributed by atoms with Gasteiger partial charge in [0.05, 0.1) is 6.04 Å². The summed E-state index contributed by atoms with van der Waals surface area (Å²) < 4.78 is 0. The zero-order valence-electron chi connectivity index (χ0n) is 12.5. The molecular weight excluding hydrogens is 274 g/mol. The van der Waals surface area contributed by atoms with Crippen LogP contribution in [-0.4, -0.2) is 24.5 Å². The Kier molecular flexibility index (Phi) is 4.51. The molecule has 1 aliphatic heterocycles. The molecule has 2 unspecified atom stereocenters. The number of hydrogen-bond acceptors (Lipinski definition) is 3. The van der Waals surface area contributed by atoms with Gasteiger partial charge in [-0.25, -0.2) is 0 Å². The van der Waals surface area contributed by atoms with Gasteiger partial charge in [-0.3, -0.25) is 4.79 Å². The molecule has 2 aromatic carbocycles. The Morgan fingerprint density at radius 2 is 1.91 bits per heavy atom. The van der Waals surface area contributed by atoms with Crippen LogP contribution in [0.15, 0.2) is 54.6 Å². The first-order valence-corrected chi connectivity index (χ1v) is 7.63. The summed E-state index contributed by atoms with van der Waals surface area (Å²) in [5.74, 6) is 0.0260. The largest absolute Gasteiger partial charge is 0.351 e. The highest BCUT2D eigenvalue weighted by Gasteiger charge is 2.26. The molecule has 0 bridgehead atoms. The summed E-state index contributed by atoms with van der Waals surface area (Å²) in [6.45, 7) is 1.24. The van der Waals surface area contributed by atoms with Gasteiger partial charge in [-0.05, 0) is 29.2 Å². The monoisotopic (exact) mass is 295 g/mol. The van der Waals surface area contributed by atoms with Crippen molar-refractivity contribution in [2.45, 2.75) is 25.0 Å². The van der Waals surface area contributed by atoms with Crippen LogP contribution in [0.25, 0.3) is 11.1 Å². The molecular formula is C18H21N3O. The molecule has 4 nitrogen and oxygen atoms in total. The quantitative estimate of drug-likeness (QED) is 0.803. The van der Waals surface area contributed by atoms with Gasteiger partial charge in [0.15, 0.2) is 0 Å². The van der Waals surface area contributed by atoms with Crippen LogP contribution in [0.2, 0.25) is 0 Å². The number of carbonyl (C=O) groups is 1. The summed E-state index contributed by atoms with van der Waals surface area (Å²) in [5.41, 5.74) is 9.25. The molecule has 1 saturated heterocycles. The van der Waals surface area contributed by atoms with Gasteiger partial charge in [-0.2, -0.15) is 0 Å². The number of nitrogens with two attached hydrogens (primary N) is 1. The van der Waals surface area contributed by atoms with E-state index in [1.54, 1.807) is 0 Å². The lowest BCUT2D eigenvalue weighted by Gasteiger charge is -2.12. The van der Waals surface area contributed by atoms with Crippen molar-refractivity contribution < 1.29 is 4.79 Å². The fourth-order valence-corrected chi connectivity index (χ4v) is 2.77. The van der Waals surface area contributed by atoms with Crippen LogP contribution in [0.3, 0.4) is 0 Å². The molecule has 1 amide bonds. The molecule has 114 valence electrons. The Morgan fingerprint density at radius 1 is 1.14 bits per heavy atom. The third-order valence-electron chi connectivity index (χ3n) is 3.98. The van der Waals surface area contributed by atoms with E-state index >= 15 is 0 Å². The molecule has 0 aliphatic carbocycles. The van der Waals surface area contributed by atoms with Crippen LogP contribution in [0.1, 0.15) is 12.0 Å². The minimum atomic E-state index is -0.160. The average Bonchev–Trinajstić information content (AvgIpc) is 3.00. The van der Waals surface area contributed by atoms with Crippen molar-refractivity contribution in [2.24, 2.45) is 5.73 Å². The molecule has 4 N–H and O–H groups in total. The number of nitrogens with one attached hydrogen (secondary N) is 2. The Hall–Kier alpha value is -2.17. The second-order valence-corrected chi connectivity index (χ2v) is 5.74. The molecule has 1 fully saturated rings. The summed E-state index contributed by atoms with van der Waals surface area (Å²) in [5, 5.41) is 6.13. The van der Waals surface area contributed by atoms with E-state index in [1.807, 2.05) is 30.3 Å². The van der Waals surface area contributed by atoms with Crippen molar-refractivity contribution in [3.63, 3.8) is 0 Å². The van der Waals surface area contributed by atoms with Gasteiger partial charge in [0.25, 0.3) is 0 Å². The second kappa shape index (κ2) is 6.73. The highest BCUT2D eigenvalue weighted by molar-refractivity contribution is 5.82. The van der Waals surface area contributed by atoms with Crippen LogP contribution in [0.4, 0.5) is 0 Å². The van der Waals surface area contributed by atoms with Crippen molar-refractivity contribution in [3.05, 3.63) is 60.2 Å². The standard InChI is InChI=1S/C18H21N3O/c19-16-10-17(20-12-16)18(22)21-11-13-5-4-8-15(9-13)14-6-2-1-3-7-14/h1-9,16-17,20H,10-12,19H2,(H,21,22). The molecule has 3 rings (SSSR count). The van der Waals surface area contributed by atoms with Crippen molar-refractivity contribution >= 4 is 5.91 Å². The third-order valence-corrected chi connectivity index (χ3v) is 3.98. The van der Waals surface area contributed by atoms with Crippen LogP contribution >= 0.6 is 0 Å². The molecule has 0 spiro atoms. The topological polar surface area (TPSA) is 67.1 Å². The molecule has 22 heavy (non-hydrogen) atoms. The van der Waals surface area contributed by atoms with Gasteiger partial charge in [0, 0.05) is 19.1 Å². The maximum absolute atomic E-state index is 12.1. The van der Waals surface area contributed by atoms with Gasteiger partial charge in [0.1, 0.15) is 0 Å². The number of hydrogen-bond donors (Lipinski definition) is 3. The van der Waals surface area contributed by atoms with Gasteiger partial charge >= 0.3 is 0 Å². The number of amides is 1. The summed E-state index contributed by atoms with van der Waals surface area (Å²) in [6.07, 6.45) is 0.704. The van der Waals surface area contributed by atoms with Gasteiger partial charge in [-0.15, -0.1) is 0 Å². The van der Waals surface area contributed by atoms with Crippen LogP contribution in [0.5, 0.6) is 0 Å². The summed E-state index contributed by atoms with van der Waals surface area (Å²) in [6, 6.07) is 18.4. The zero-order chi connectivity index (χ0) is 15.4. The first-order valence-electron chi connectivity index (χ1n) is 7.63. The fourth-order valence-electron chi connectivity index (χ4n) is 2.77. The van der Waals surface area contributed by atoms with E-state index in [0.717, 1.165) is 11.1 Å². The molecule has 2 aromatic rings. The predicted octanol–water partition coefficient (Wildman–Crippen LogP) is 1.66. The fraction of sp³-hybridized carbons (Fsp3) is 0.278. The SMILES string of the molecule is NC1CNC(C(=O)NCc2cccc(-c3ccccc3)c2)C1. The highest BCUT2D eigenvalue weighted by Crippen LogP contribution is 2.19. The van der Waals surface area contributed by atoms with E-state index in [1.165, 1.54) is 5.56 Å². The summed E-state index contributed by atoms with van der Waals surface area (Å²) in [7, 11) is 0. The van der Waals surface area contributed by atoms with E-state index in [0.29, 0.717) is 19.5 Å². The number of benzene rings is 2. The number of rotatable bonds is 4. The van der Waals surface area contributed by atoms with Gasteiger partial charge in [-0.1, -0.05) is 48.5 Å². The smallest absolute Gasteiger partial charge is 0.237 e. The van der Waals surface area contributed by atoms with Crippen LogP contribution < -0.4 is 16.4 Å². The summed E-state index contributed by atoms with van der Waals surface area (Å²) in [4.78, 5) is 12.1. The van der Waals surface area contributed by atoms with E-state index in [9.17, 15) is 4.79 Å². The van der Waals surface area contributed by atoms with Gasteiger partial charge < -0.3 is 16.4 Å². The first-order chi connectivity index (χ1) is 10.7. The third kappa shape index (κ3) is 3.53. The van der Waals surface area contributed by atoms with Crippen molar-refractivity contribution in [3.8, 4) is 11.1 Å². The highest BCUT2D eigenvalue weighted by atomic mass is 16.2. The minimum Gasteiger partial charge on any atom is -0.351 e. The normalized spacial score (nSPS) is 20.8. The van der Waals surface area contributed by atoms with Crippen molar-refractivity contribution in [1.29, 1.82) is 0 Å². The van der Waals surface area contributed by atoms with Crippen molar-refractivity contribution in [1.82, 2.24) is 10.6 Å². The molecule has 1 heterocycles. The maximum Gasteiger partial charge on any atom is 0.237 e. The summed E-state index contributed by atoms with van der Waals surface area (Å²) >= 11 is 0. The van der Waals surface area contributed by atoms with E-state index in [2.05, 4.69) is 34.9 Å². The molecule has 0 radical (unpaired) electrons. The minimum absolute atomic E-state index is 0.0260. The Labute approximate surface area is 130 Å². The molecule has 4 heteroatoms.